The maximum Gasteiger partial charge on any atom is 0.365 e. The standard InChI is InChI=1S/C7H10O5/c1-3-4-6(8)12-11-5(2)7(9)10/h3-5H,1-2H3,(H,9,10). The molecule has 0 bridgehead atoms. The lowest BCUT2D eigenvalue weighted by atomic mass is 10.4. The van der Waals surface area contributed by atoms with Gasteiger partial charge in [0.25, 0.3) is 0 Å². The largest absolute Gasteiger partial charge is 0.479 e. The molecule has 12 heavy (non-hydrogen) atoms. The molecule has 0 saturated heterocycles. The van der Waals surface area contributed by atoms with E-state index in [1.54, 1.807) is 6.92 Å². The highest BCUT2D eigenvalue weighted by Gasteiger charge is 2.13. The van der Waals surface area contributed by atoms with Crippen molar-refractivity contribution < 1.29 is 24.5 Å². The van der Waals surface area contributed by atoms with Crippen LogP contribution in [0.5, 0.6) is 0 Å². The predicted octanol–water partition coefficient (Wildman–Crippen LogP) is 0.510. The van der Waals surface area contributed by atoms with Crippen LogP contribution in [-0.2, 0) is 19.4 Å². The lowest BCUT2D eigenvalue weighted by Crippen LogP contribution is -2.21. The van der Waals surface area contributed by atoms with E-state index in [9.17, 15) is 9.59 Å². The Bertz CT molecular complexity index is 196. The highest BCUT2D eigenvalue weighted by molar-refractivity contribution is 5.81. The van der Waals surface area contributed by atoms with Gasteiger partial charge in [-0.1, -0.05) is 6.08 Å². The van der Waals surface area contributed by atoms with Crippen molar-refractivity contribution in [2.24, 2.45) is 0 Å². The Kier molecular flexibility index (Phi) is 4.71. The van der Waals surface area contributed by atoms with Crippen LogP contribution >= 0.6 is 0 Å². The van der Waals surface area contributed by atoms with E-state index in [-0.39, 0.29) is 0 Å². The zero-order valence-electron chi connectivity index (χ0n) is 6.81. The van der Waals surface area contributed by atoms with E-state index >= 15 is 0 Å². The SMILES string of the molecule is CC=CC(=O)OOC(C)C(=O)O. The second-order valence-electron chi connectivity index (χ2n) is 1.98. The van der Waals surface area contributed by atoms with Crippen molar-refractivity contribution in [1.82, 2.24) is 0 Å². The zero-order chi connectivity index (χ0) is 9.56. The molecule has 0 fully saturated rings. The normalized spacial score (nSPS) is 12.8. The van der Waals surface area contributed by atoms with Crippen LogP contribution in [-0.4, -0.2) is 23.1 Å². The number of carbonyl (C=O) groups excluding carboxylic acids is 1. The maximum absolute atomic E-state index is 10.5. The molecule has 5 nitrogen and oxygen atoms in total. The Labute approximate surface area is 69.5 Å². The van der Waals surface area contributed by atoms with Gasteiger partial charge in [0.1, 0.15) is 0 Å². The third-order valence-electron chi connectivity index (χ3n) is 0.925. The van der Waals surface area contributed by atoms with Gasteiger partial charge in [0, 0.05) is 6.08 Å². The molecule has 0 aromatic heterocycles. The molecule has 5 heteroatoms. The van der Waals surface area contributed by atoms with E-state index in [4.69, 9.17) is 5.11 Å². The number of carbonyl (C=O) groups is 2. The summed E-state index contributed by atoms with van der Waals surface area (Å²) in [7, 11) is 0. The van der Waals surface area contributed by atoms with Crippen LogP contribution in [0.4, 0.5) is 0 Å². The first-order valence-electron chi connectivity index (χ1n) is 3.30. The number of aliphatic carboxylic acids is 1. The summed E-state index contributed by atoms with van der Waals surface area (Å²) in [6.45, 7) is 2.88. The monoisotopic (exact) mass is 174 g/mol. The summed E-state index contributed by atoms with van der Waals surface area (Å²) in [5.74, 6) is -1.92. The zero-order valence-corrected chi connectivity index (χ0v) is 6.81. The van der Waals surface area contributed by atoms with Gasteiger partial charge < -0.3 is 5.11 Å². The molecular formula is C7H10O5. The number of carboxylic acid groups (broad SMARTS) is 1. The average molecular weight is 174 g/mol. The van der Waals surface area contributed by atoms with Crippen LogP contribution < -0.4 is 0 Å². The van der Waals surface area contributed by atoms with E-state index < -0.39 is 18.0 Å². The number of carboxylic acids is 1. The smallest absolute Gasteiger partial charge is 0.365 e. The molecule has 0 heterocycles. The molecule has 0 aliphatic rings. The first-order valence-corrected chi connectivity index (χ1v) is 3.30. The van der Waals surface area contributed by atoms with E-state index in [0.29, 0.717) is 0 Å². The Hall–Kier alpha value is -1.36. The summed E-state index contributed by atoms with van der Waals surface area (Å²) in [5, 5.41) is 8.29. The first-order chi connectivity index (χ1) is 5.57. The number of hydrogen-bond donors (Lipinski definition) is 1. The third-order valence-corrected chi connectivity index (χ3v) is 0.925. The predicted molar refractivity (Wildman–Crippen MR) is 39.1 cm³/mol. The molecule has 0 saturated carbocycles. The van der Waals surface area contributed by atoms with Gasteiger partial charge in [-0.2, -0.15) is 4.89 Å². The van der Waals surface area contributed by atoms with Crippen molar-refractivity contribution in [3.05, 3.63) is 12.2 Å². The van der Waals surface area contributed by atoms with Crippen LogP contribution in [0.1, 0.15) is 13.8 Å². The van der Waals surface area contributed by atoms with Crippen LogP contribution in [0.3, 0.4) is 0 Å². The van der Waals surface area contributed by atoms with Crippen LogP contribution in [0, 0.1) is 0 Å². The number of rotatable bonds is 4. The minimum Gasteiger partial charge on any atom is -0.479 e. The van der Waals surface area contributed by atoms with Gasteiger partial charge in [-0.15, -0.1) is 0 Å². The molecule has 0 spiro atoms. The second kappa shape index (κ2) is 5.31. The van der Waals surface area contributed by atoms with Crippen molar-refractivity contribution in [2.75, 3.05) is 0 Å². The molecule has 0 radical (unpaired) electrons. The Morgan fingerprint density at radius 3 is 2.50 bits per heavy atom. The minimum absolute atomic E-state index is 0.731. The van der Waals surface area contributed by atoms with Crippen LogP contribution in [0.2, 0.25) is 0 Å². The fourth-order valence-corrected chi connectivity index (χ4v) is 0.325. The van der Waals surface area contributed by atoms with E-state index in [1.807, 2.05) is 0 Å². The van der Waals surface area contributed by atoms with Gasteiger partial charge >= 0.3 is 11.9 Å². The summed E-state index contributed by atoms with van der Waals surface area (Å²) in [5.41, 5.74) is 0. The highest BCUT2D eigenvalue weighted by Crippen LogP contribution is 1.92. The van der Waals surface area contributed by atoms with Gasteiger partial charge in [0.15, 0.2) is 6.10 Å². The van der Waals surface area contributed by atoms with Crippen molar-refractivity contribution in [3.8, 4) is 0 Å². The van der Waals surface area contributed by atoms with Gasteiger partial charge in [-0.05, 0) is 13.8 Å². The molecule has 0 rings (SSSR count). The highest BCUT2D eigenvalue weighted by atomic mass is 17.2. The fraction of sp³-hybridized carbons (Fsp3) is 0.429. The van der Waals surface area contributed by atoms with E-state index in [0.717, 1.165) is 6.08 Å². The molecule has 0 aliphatic carbocycles. The Balaban J connectivity index is 3.68. The minimum atomic E-state index is -1.19. The van der Waals surface area contributed by atoms with Crippen molar-refractivity contribution >= 4 is 11.9 Å². The second-order valence-corrected chi connectivity index (χ2v) is 1.98. The topological polar surface area (TPSA) is 72.8 Å². The molecule has 0 aromatic carbocycles. The summed E-state index contributed by atoms with van der Waals surface area (Å²) in [6, 6.07) is 0. The molecule has 0 aromatic rings. The number of hydrogen-bond acceptors (Lipinski definition) is 4. The molecule has 68 valence electrons. The molecule has 1 N–H and O–H groups in total. The summed E-state index contributed by atoms with van der Waals surface area (Å²) in [4.78, 5) is 29.0. The maximum atomic E-state index is 10.5. The first kappa shape index (κ1) is 10.6. The van der Waals surface area contributed by atoms with E-state index in [1.165, 1.54) is 13.0 Å². The lowest BCUT2D eigenvalue weighted by molar-refractivity contribution is -0.287. The van der Waals surface area contributed by atoms with Crippen LogP contribution in [0.15, 0.2) is 12.2 Å². The quantitative estimate of drug-likeness (QED) is 0.382. The van der Waals surface area contributed by atoms with Gasteiger partial charge in [-0.25, -0.2) is 9.59 Å². The lowest BCUT2D eigenvalue weighted by Gasteiger charge is -2.04. The molecular weight excluding hydrogens is 164 g/mol. The van der Waals surface area contributed by atoms with Gasteiger partial charge in [0.05, 0.1) is 0 Å². The van der Waals surface area contributed by atoms with Crippen molar-refractivity contribution in [1.29, 1.82) is 0 Å². The Morgan fingerprint density at radius 1 is 1.50 bits per heavy atom. The fourth-order valence-electron chi connectivity index (χ4n) is 0.325. The Morgan fingerprint density at radius 2 is 2.08 bits per heavy atom. The van der Waals surface area contributed by atoms with Gasteiger partial charge in [-0.3, -0.25) is 4.89 Å². The van der Waals surface area contributed by atoms with Gasteiger partial charge in [0.2, 0.25) is 0 Å². The third kappa shape index (κ3) is 4.45. The van der Waals surface area contributed by atoms with Crippen LogP contribution in [0.25, 0.3) is 0 Å². The van der Waals surface area contributed by atoms with E-state index in [2.05, 4.69) is 9.78 Å². The summed E-state index contributed by atoms with van der Waals surface area (Å²) in [6.07, 6.45) is 1.42. The molecule has 1 atom stereocenters. The molecule has 1 unspecified atom stereocenters. The average Bonchev–Trinajstić information content (AvgIpc) is 2.00. The number of allylic oxidation sites excluding steroid dienone is 1. The summed E-state index contributed by atoms with van der Waals surface area (Å²) < 4.78 is 0. The molecule has 0 aliphatic heterocycles. The van der Waals surface area contributed by atoms with Crippen molar-refractivity contribution in [3.63, 3.8) is 0 Å². The molecule has 0 amide bonds. The summed E-state index contributed by atoms with van der Waals surface area (Å²) >= 11 is 0. The van der Waals surface area contributed by atoms with Crippen molar-refractivity contribution in [2.45, 2.75) is 20.0 Å².